The molecule has 0 saturated carbocycles. The maximum atomic E-state index is 13.9. The molecule has 3 aromatic carbocycles. The summed E-state index contributed by atoms with van der Waals surface area (Å²) in [6, 6.07) is 26.5. The van der Waals surface area contributed by atoms with Gasteiger partial charge in [0, 0.05) is 12.1 Å². The first-order valence-electron chi connectivity index (χ1n) is 18.2. The number of hydrogen-bond donors (Lipinski definition) is 3. The van der Waals surface area contributed by atoms with E-state index in [0.29, 0.717) is 23.8 Å². The summed E-state index contributed by atoms with van der Waals surface area (Å²) in [5, 5.41) is 3.09. The van der Waals surface area contributed by atoms with Crippen LogP contribution in [0.25, 0.3) is 33.9 Å². The van der Waals surface area contributed by atoms with Crippen LogP contribution in [0.2, 0.25) is 0 Å². The molecule has 1 fully saturated rings. The number of aromatic amines is 2. The topological polar surface area (TPSA) is 139 Å². The average Bonchev–Trinajstić information content (AvgIpc) is 3.98. The lowest BCUT2D eigenvalue weighted by Crippen LogP contribution is -2.40. The molecule has 12 heteroatoms. The molecule has 6 aromatic rings. The van der Waals surface area contributed by atoms with E-state index in [1.807, 2.05) is 141 Å². The monoisotopic (exact) mass is 722 g/mol. The molecule has 0 spiro atoms. The van der Waals surface area contributed by atoms with Gasteiger partial charge in [-0.1, -0.05) is 84.9 Å². The lowest BCUT2D eigenvalue weighted by Gasteiger charge is -2.31. The zero-order valence-corrected chi connectivity index (χ0v) is 31.3. The Balaban J connectivity index is 0.992. The maximum absolute atomic E-state index is 13.9. The summed E-state index contributed by atoms with van der Waals surface area (Å²) in [6.45, 7) is 2.61. The molecule has 1 aliphatic heterocycles. The molecule has 1 unspecified atom stereocenters. The highest BCUT2D eigenvalue weighted by molar-refractivity contribution is 5.84. The second-order valence-corrected chi connectivity index (χ2v) is 14.2. The Bertz CT molecular complexity index is 2160. The number of likely N-dealkylation sites (N-methyl/N-ethyl adjacent to an activating group) is 2. The molecule has 276 valence electrons. The van der Waals surface area contributed by atoms with Gasteiger partial charge in [0.2, 0.25) is 11.8 Å². The van der Waals surface area contributed by atoms with E-state index in [1.54, 1.807) is 18.6 Å². The third-order valence-corrected chi connectivity index (χ3v) is 9.98. The lowest BCUT2D eigenvalue weighted by molar-refractivity contribution is -0.137. The summed E-state index contributed by atoms with van der Waals surface area (Å²) in [5.74, 6) is 1.41. The number of rotatable bonds is 12. The Morgan fingerprint density at radius 3 is 1.93 bits per heavy atom. The fraction of sp³-hybridized carbons (Fsp3) is 0.286. The molecular weight excluding hydrogens is 677 g/mol. The van der Waals surface area contributed by atoms with Crippen molar-refractivity contribution in [2.45, 2.75) is 43.9 Å². The standard InChI is InChI=1S/C42H46N10O2/c1-27(47-41(53)37(50(2)3)30-13-8-6-9-14-30)39-45-26-35(49-39)34-25-43-32(23-44-34)28-18-20-29(21-19-28)33-24-46-40(48-33)36-17-12-22-52(36)42(54)38(51(4)5)31-15-10-7-11-16-31/h6-11,13-16,18-21,23-27,36-38H,12,17,22H2,1-5H3,(H,45,49)(H,46,48)(H,47,53)/t27-,36?,37+,38-/m0/s1. The Labute approximate surface area is 315 Å². The Morgan fingerprint density at radius 2 is 1.30 bits per heavy atom. The highest BCUT2D eigenvalue weighted by atomic mass is 16.2. The van der Waals surface area contributed by atoms with Crippen molar-refractivity contribution in [2.24, 2.45) is 0 Å². The van der Waals surface area contributed by atoms with E-state index < -0.39 is 6.04 Å². The fourth-order valence-electron chi connectivity index (χ4n) is 7.23. The Morgan fingerprint density at radius 1 is 0.704 bits per heavy atom. The molecule has 0 radical (unpaired) electrons. The van der Waals surface area contributed by atoms with Gasteiger partial charge in [-0.3, -0.25) is 29.4 Å². The van der Waals surface area contributed by atoms with Crippen LogP contribution in [-0.4, -0.2) is 91.2 Å². The number of amides is 2. The van der Waals surface area contributed by atoms with Gasteiger partial charge in [0.05, 0.1) is 54.0 Å². The average molecular weight is 723 g/mol. The van der Waals surface area contributed by atoms with E-state index in [9.17, 15) is 9.59 Å². The maximum Gasteiger partial charge on any atom is 0.245 e. The molecule has 2 amide bonds. The predicted molar refractivity (Wildman–Crippen MR) is 209 cm³/mol. The van der Waals surface area contributed by atoms with Crippen LogP contribution in [0.4, 0.5) is 0 Å². The molecule has 3 aromatic heterocycles. The molecule has 4 heterocycles. The largest absolute Gasteiger partial charge is 0.345 e. The van der Waals surface area contributed by atoms with E-state index in [-0.39, 0.29) is 29.9 Å². The molecule has 12 nitrogen and oxygen atoms in total. The summed E-state index contributed by atoms with van der Waals surface area (Å²) >= 11 is 0. The van der Waals surface area contributed by atoms with Crippen molar-refractivity contribution in [2.75, 3.05) is 34.7 Å². The van der Waals surface area contributed by atoms with E-state index >= 15 is 0 Å². The third kappa shape index (κ3) is 7.71. The number of aromatic nitrogens is 6. The van der Waals surface area contributed by atoms with Gasteiger partial charge >= 0.3 is 0 Å². The highest BCUT2D eigenvalue weighted by Gasteiger charge is 2.37. The summed E-state index contributed by atoms with van der Waals surface area (Å²) in [4.78, 5) is 58.4. The predicted octanol–water partition coefficient (Wildman–Crippen LogP) is 6.37. The first-order valence-corrected chi connectivity index (χ1v) is 18.2. The number of H-pyrrole nitrogens is 2. The molecule has 4 atom stereocenters. The second-order valence-electron chi connectivity index (χ2n) is 14.2. The normalized spacial score (nSPS) is 16.1. The molecule has 3 N–H and O–H groups in total. The summed E-state index contributed by atoms with van der Waals surface area (Å²) in [5.41, 5.74) is 6.81. The fourth-order valence-corrected chi connectivity index (χ4v) is 7.23. The minimum Gasteiger partial charge on any atom is -0.345 e. The van der Waals surface area contributed by atoms with Gasteiger partial charge in [-0.2, -0.15) is 0 Å². The highest BCUT2D eigenvalue weighted by Crippen LogP contribution is 2.35. The lowest BCUT2D eigenvalue weighted by atomic mass is 10.0. The van der Waals surface area contributed by atoms with Crippen molar-refractivity contribution >= 4 is 11.8 Å². The van der Waals surface area contributed by atoms with Crippen LogP contribution in [0.5, 0.6) is 0 Å². The number of imidazole rings is 2. The van der Waals surface area contributed by atoms with Gasteiger partial charge in [-0.25, -0.2) is 9.97 Å². The molecule has 0 bridgehead atoms. The SMILES string of the molecule is C[C@H](NC(=O)[C@@H](c1ccccc1)N(C)C)c1ncc(-c2cnc(-c3ccc(-c4cnc(C5CCCN5C(=O)[C@H](c5ccccc5)N(C)C)[nH]4)cc3)cn2)[nH]1. The number of nitrogens with one attached hydrogen (secondary N) is 3. The number of carbonyl (C=O) groups excluding carboxylic acids is 2. The second kappa shape index (κ2) is 15.9. The van der Waals surface area contributed by atoms with Crippen LogP contribution in [0, 0.1) is 0 Å². The minimum atomic E-state index is -0.422. The summed E-state index contributed by atoms with van der Waals surface area (Å²) in [6.07, 6.45) is 8.81. The molecule has 0 aliphatic carbocycles. The summed E-state index contributed by atoms with van der Waals surface area (Å²) < 4.78 is 0. The van der Waals surface area contributed by atoms with Crippen molar-refractivity contribution in [3.63, 3.8) is 0 Å². The van der Waals surface area contributed by atoms with Crippen molar-refractivity contribution in [3.05, 3.63) is 132 Å². The molecule has 1 saturated heterocycles. The van der Waals surface area contributed by atoms with Crippen LogP contribution in [0.3, 0.4) is 0 Å². The van der Waals surface area contributed by atoms with Gasteiger partial charge in [0.15, 0.2) is 0 Å². The van der Waals surface area contributed by atoms with Crippen LogP contribution in [0.1, 0.15) is 66.7 Å². The number of carbonyl (C=O) groups is 2. The first-order chi connectivity index (χ1) is 26.2. The van der Waals surface area contributed by atoms with Gasteiger partial charge in [-0.15, -0.1) is 0 Å². The number of benzene rings is 3. The smallest absolute Gasteiger partial charge is 0.245 e. The van der Waals surface area contributed by atoms with Crippen molar-refractivity contribution in [1.29, 1.82) is 0 Å². The van der Waals surface area contributed by atoms with Crippen LogP contribution in [0.15, 0.2) is 110 Å². The van der Waals surface area contributed by atoms with Gasteiger partial charge in [0.1, 0.15) is 29.4 Å². The molecule has 1 aliphatic rings. The first kappa shape index (κ1) is 36.4. The Kier molecular flexibility index (Phi) is 10.7. The van der Waals surface area contributed by atoms with Crippen LogP contribution >= 0.6 is 0 Å². The van der Waals surface area contributed by atoms with Gasteiger partial charge in [-0.05, 0) is 64.6 Å². The number of nitrogens with zero attached hydrogens (tertiary/aromatic N) is 7. The molecular formula is C42H46N10O2. The van der Waals surface area contributed by atoms with Crippen molar-refractivity contribution in [3.8, 4) is 33.9 Å². The van der Waals surface area contributed by atoms with Crippen molar-refractivity contribution in [1.82, 2.24) is 49.9 Å². The third-order valence-electron chi connectivity index (χ3n) is 9.98. The van der Waals surface area contributed by atoms with Crippen LogP contribution in [-0.2, 0) is 9.59 Å². The molecule has 7 rings (SSSR count). The molecule has 54 heavy (non-hydrogen) atoms. The number of likely N-dealkylation sites (tertiary alicyclic amines) is 1. The van der Waals surface area contributed by atoms with Crippen molar-refractivity contribution < 1.29 is 9.59 Å². The van der Waals surface area contributed by atoms with Crippen LogP contribution < -0.4 is 5.32 Å². The zero-order chi connectivity index (χ0) is 37.8. The van der Waals surface area contributed by atoms with Gasteiger partial charge < -0.3 is 20.2 Å². The van der Waals surface area contributed by atoms with E-state index in [2.05, 4.69) is 30.2 Å². The summed E-state index contributed by atoms with van der Waals surface area (Å²) in [7, 11) is 7.68. The zero-order valence-electron chi connectivity index (χ0n) is 31.3. The Hall–Kier alpha value is -5.98. The minimum absolute atomic E-state index is 0.0898. The van der Waals surface area contributed by atoms with Gasteiger partial charge in [0.25, 0.3) is 0 Å². The quantitative estimate of drug-likeness (QED) is 0.133. The van der Waals surface area contributed by atoms with E-state index in [1.165, 1.54) is 0 Å². The van der Waals surface area contributed by atoms with E-state index in [4.69, 9.17) is 4.98 Å². The number of hydrogen-bond acceptors (Lipinski definition) is 8. The van der Waals surface area contributed by atoms with E-state index in [0.717, 1.165) is 52.3 Å².